The number of ether oxygens (including phenoxy) is 3. The van der Waals surface area contributed by atoms with E-state index in [2.05, 4.69) is 20.6 Å². The molecule has 0 spiro atoms. The lowest BCUT2D eigenvalue weighted by molar-refractivity contribution is -0.143. The van der Waals surface area contributed by atoms with Crippen LogP contribution >= 0.6 is 0 Å². The summed E-state index contributed by atoms with van der Waals surface area (Å²) < 4.78 is 105. The molecule has 2 aromatic rings. The Morgan fingerprint density at radius 2 is 1.70 bits per heavy atom. The molecule has 1 aromatic carbocycles. The molecular weight excluding hydrogens is 768 g/mol. The average Bonchev–Trinajstić information content (AvgIpc) is 4.04. The minimum Gasteiger partial charge on any atom is -0.471 e. The monoisotopic (exact) mass is 810 g/mol. The van der Waals surface area contributed by atoms with Crippen molar-refractivity contribution in [2.75, 3.05) is 13.2 Å². The summed E-state index contributed by atoms with van der Waals surface area (Å²) in [4.78, 5) is 64.7. The number of halogens is 4. The summed E-state index contributed by atoms with van der Waals surface area (Å²) in [7, 11) is -4.20. The third-order valence-electron chi connectivity index (χ3n) is 10.8. The molecule has 0 unspecified atom stereocenters. The molecule has 3 heterocycles. The number of para-hydroxylation sites is 2. The Bertz CT molecular complexity index is 2060. The van der Waals surface area contributed by atoms with E-state index in [1.54, 1.807) is 32.9 Å². The second-order valence-corrected chi connectivity index (χ2v) is 18.0. The van der Waals surface area contributed by atoms with Crippen molar-refractivity contribution in [2.24, 2.45) is 11.3 Å². The van der Waals surface area contributed by atoms with Crippen LogP contribution in [0, 0.1) is 11.3 Å². The SMILES string of the molecule is CC(C)(C)[C@@H]1NC(=O)O[C@@H]2CC[C@H]2OC/C=C/C(F)(F)c2nc3ccccc3nc2O[C@@H]2C[C@@H](C(=O)N[C@]3(C(=O)NS(=O)(=O)C4CC4)C[C@H]3C(F)F)N(C2)C1=O. The van der Waals surface area contributed by atoms with Crippen LogP contribution in [0.3, 0.4) is 0 Å². The predicted molar refractivity (Wildman–Crippen MR) is 188 cm³/mol. The first-order valence-corrected chi connectivity index (χ1v) is 19.9. The maximum atomic E-state index is 16.0. The van der Waals surface area contributed by atoms with Crippen LogP contribution < -0.4 is 20.1 Å². The van der Waals surface area contributed by atoms with Gasteiger partial charge in [0.25, 0.3) is 5.91 Å². The number of nitrogens with one attached hydrogen (secondary N) is 3. The minimum atomic E-state index is -4.20. The molecule has 56 heavy (non-hydrogen) atoms. The molecule has 304 valence electrons. The first kappa shape index (κ1) is 39.6. The van der Waals surface area contributed by atoms with Crippen molar-refractivity contribution in [3.05, 3.63) is 42.1 Å². The maximum Gasteiger partial charge on any atom is 0.408 e. The van der Waals surface area contributed by atoms with Gasteiger partial charge in [0.05, 0.1) is 41.5 Å². The number of amides is 4. The topological polar surface area (TPSA) is 195 Å². The normalized spacial score (nSPS) is 31.3. The summed E-state index contributed by atoms with van der Waals surface area (Å²) in [5.41, 5.74) is -3.89. The summed E-state index contributed by atoms with van der Waals surface area (Å²) >= 11 is 0. The first-order chi connectivity index (χ1) is 26.3. The van der Waals surface area contributed by atoms with Crippen molar-refractivity contribution >= 4 is 44.9 Å². The van der Waals surface area contributed by atoms with Crippen LogP contribution in [0.25, 0.3) is 11.0 Å². The van der Waals surface area contributed by atoms with E-state index in [0.29, 0.717) is 18.9 Å². The van der Waals surface area contributed by atoms with Gasteiger partial charge >= 0.3 is 12.0 Å². The molecule has 2 aliphatic heterocycles. The van der Waals surface area contributed by atoms with Gasteiger partial charge in [-0.25, -0.2) is 32.0 Å². The molecule has 1 aromatic heterocycles. The highest BCUT2D eigenvalue weighted by Crippen LogP contribution is 2.48. The molecule has 3 aliphatic carbocycles. The standard InChI is InChI=1S/C36H42F4N6O9S/c1-34(2,3)27-31(48)46-17-18(15-23(46)29(47)44-35(16-20(35)28(37)38)32(49)45-56(51,52)19-9-10-19)54-30-26(41-21-7-4-5-8-22(21)42-30)36(39,40)13-6-14-53-24-11-12-25(24)55-33(50)43-27/h4-8,13,18-20,23-25,27-28H,9-12,14-17H2,1-3H3,(H,43,50)(H,44,47)(H,45,49)/b13-6+/t18-,20+,23+,24-,25-,27-,35-/m1/s1. The Labute approximate surface area is 319 Å². The number of alkyl halides is 4. The van der Waals surface area contributed by atoms with Gasteiger partial charge in [0, 0.05) is 6.42 Å². The minimum absolute atomic E-state index is 0.130. The summed E-state index contributed by atoms with van der Waals surface area (Å²) in [6.07, 6.45) is -4.60. The Morgan fingerprint density at radius 3 is 2.30 bits per heavy atom. The van der Waals surface area contributed by atoms with Crippen LogP contribution in [0.4, 0.5) is 22.4 Å². The van der Waals surface area contributed by atoms with Crippen molar-refractivity contribution in [2.45, 2.75) is 113 Å². The van der Waals surface area contributed by atoms with Gasteiger partial charge in [-0.2, -0.15) is 8.78 Å². The van der Waals surface area contributed by atoms with E-state index in [1.165, 1.54) is 12.1 Å². The molecule has 7 atom stereocenters. The van der Waals surface area contributed by atoms with E-state index in [1.807, 2.05) is 4.72 Å². The fraction of sp³-hybridized carbons (Fsp3) is 0.611. The van der Waals surface area contributed by atoms with Gasteiger partial charge in [0.1, 0.15) is 29.8 Å². The molecule has 3 N–H and O–H groups in total. The van der Waals surface area contributed by atoms with Gasteiger partial charge in [-0.1, -0.05) is 39.0 Å². The van der Waals surface area contributed by atoms with Gasteiger partial charge in [-0.15, -0.1) is 0 Å². The highest BCUT2D eigenvalue weighted by Gasteiger charge is 2.67. The average molecular weight is 811 g/mol. The van der Waals surface area contributed by atoms with Crippen molar-refractivity contribution in [1.29, 1.82) is 0 Å². The lowest BCUT2D eigenvalue weighted by Gasteiger charge is -2.38. The van der Waals surface area contributed by atoms with Crippen LogP contribution in [-0.4, -0.2) is 108 Å². The molecular formula is C36H42F4N6O9S. The second-order valence-electron chi connectivity index (χ2n) is 16.0. The molecule has 3 saturated carbocycles. The zero-order chi connectivity index (χ0) is 40.4. The number of hydrogen-bond donors (Lipinski definition) is 3. The quantitative estimate of drug-likeness (QED) is 0.287. The largest absolute Gasteiger partial charge is 0.471 e. The van der Waals surface area contributed by atoms with Crippen molar-refractivity contribution in [3.8, 4) is 5.88 Å². The Kier molecular flexibility index (Phi) is 10.2. The number of alkyl carbamates (subject to hydrolysis) is 1. The van der Waals surface area contributed by atoms with Gasteiger partial charge in [-0.05, 0) is 55.7 Å². The molecule has 5 aliphatic rings. The van der Waals surface area contributed by atoms with Crippen molar-refractivity contribution in [3.63, 3.8) is 0 Å². The molecule has 20 heteroatoms. The fourth-order valence-corrected chi connectivity index (χ4v) is 8.54. The van der Waals surface area contributed by atoms with E-state index in [9.17, 15) is 36.4 Å². The third-order valence-corrected chi connectivity index (χ3v) is 12.6. The van der Waals surface area contributed by atoms with Crippen molar-refractivity contribution in [1.82, 2.24) is 30.2 Å². The number of carbonyl (C=O) groups excluding carboxylic acids is 4. The van der Waals surface area contributed by atoms with E-state index in [4.69, 9.17) is 14.2 Å². The highest BCUT2D eigenvalue weighted by molar-refractivity contribution is 7.91. The van der Waals surface area contributed by atoms with Crippen LogP contribution in [0.1, 0.15) is 65.0 Å². The smallest absolute Gasteiger partial charge is 0.408 e. The molecule has 2 bridgehead atoms. The Morgan fingerprint density at radius 1 is 1.02 bits per heavy atom. The summed E-state index contributed by atoms with van der Waals surface area (Å²) in [6.45, 7) is 4.21. The fourth-order valence-electron chi connectivity index (χ4n) is 7.18. The third kappa shape index (κ3) is 7.86. The van der Waals surface area contributed by atoms with Crippen molar-refractivity contribution < 1.29 is 59.4 Å². The lowest BCUT2D eigenvalue weighted by Crippen LogP contribution is -2.60. The molecule has 7 rings (SSSR count). The van der Waals surface area contributed by atoms with Crippen LogP contribution in [0.2, 0.25) is 0 Å². The number of aromatic nitrogens is 2. The van der Waals surface area contributed by atoms with E-state index in [-0.39, 0.29) is 30.5 Å². The Balaban J connectivity index is 1.25. The van der Waals surface area contributed by atoms with Gasteiger partial charge in [0.2, 0.25) is 34.1 Å². The van der Waals surface area contributed by atoms with Gasteiger partial charge in [0.15, 0.2) is 5.69 Å². The molecule has 15 nitrogen and oxygen atoms in total. The number of hydrogen-bond acceptors (Lipinski definition) is 11. The zero-order valence-corrected chi connectivity index (χ0v) is 31.5. The Hall–Kier alpha value is -4.59. The van der Waals surface area contributed by atoms with Gasteiger partial charge < -0.3 is 29.7 Å². The van der Waals surface area contributed by atoms with Gasteiger partial charge in [-0.3, -0.25) is 19.1 Å². The molecule has 4 fully saturated rings. The summed E-state index contributed by atoms with van der Waals surface area (Å²) in [5, 5.41) is 4.02. The first-order valence-electron chi connectivity index (χ1n) is 18.3. The number of allylic oxidation sites excluding steroid dienone is 1. The van der Waals surface area contributed by atoms with E-state index in [0.717, 1.165) is 11.0 Å². The number of sulfonamides is 1. The molecule has 1 saturated heterocycles. The maximum absolute atomic E-state index is 16.0. The predicted octanol–water partition coefficient (Wildman–Crippen LogP) is 3.08. The number of carbonyl (C=O) groups is 4. The number of benzene rings is 1. The van der Waals surface area contributed by atoms with Crippen LogP contribution in [0.5, 0.6) is 5.88 Å². The van der Waals surface area contributed by atoms with Crippen LogP contribution in [-0.2, 0) is 39.8 Å². The number of rotatable bonds is 6. The second kappa shape index (κ2) is 14.4. The van der Waals surface area contributed by atoms with Crippen LogP contribution in [0.15, 0.2) is 36.4 Å². The zero-order valence-electron chi connectivity index (χ0n) is 30.7. The highest BCUT2D eigenvalue weighted by atomic mass is 32.2. The van der Waals surface area contributed by atoms with E-state index >= 15 is 8.78 Å². The summed E-state index contributed by atoms with van der Waals surface area (Å²) in [5.74, 6) is -9.41. The molecule has 4 amide bonds. The number of fused-ring (bicyclic) bond motifs is 5. The number of nitrogens with zero attached hydrogens (tertiary/aromatic N) is 3. The summed E-state index contributed by atoms with van der Waals surface area (Å²) in [6, 6.07) is 3.27. The van der Waals surface area contributed by atoms with E-state index < -0.39 is 130 Å². The lowest BCUT2D eigenvalue weighted by atomic mass is 9.85. The molecule has 0 radical (unpaired) electrons.